The van der Waals surface area contributed by atoms with Gasteiger partial charge in [0.25, 0.3) is 0 Å². The lowest BCUT2D eigenvalue weighted by molar-refractivity contribution is -0.121. The molecule has 0 aliphatic heterocycles. The maximum absolute atomic E-state index is 12.5. The number of amides is 1. The second-order valence-corrected chi connectivity index (χ2v) is 8.50. The number of ether oxygens (including phenoxy) is 2. The lowest BCUT2D eigenvalue weighted by Gasteiger charge is -2.28. The van der Waals surface area contributed by atoms with Gasteiger partial charge < -0.3 is 14.8 Å². The Morgan fingerprint density at radius 3 is 2.38 bits per heavy atom. The number of benzene rings is 2. The summed E-state index contributed by atoms with van der Waals surface area (Å²) in [5.74, 6) is 0.703. The molecule has 0 fully saturated rings. The maximum Gasteiger partial charge on any atom is 0.243 e. The van der Waals surface area contributed by atoms with Crippen LogP contribution in [0.15, 0.2) is 48.5 Å². The lowest BCUT2D eigenvalue weighted by atomic mass is 10.2. The highest BCUT2D eigenvalue weighted by molar-refractivity contribution is 7.92. The van der Waals surface area contributed by atoms with E-state index in [4.69, 9.17) is 21.1 Å². The number of hydrogen-bond donors (Lipinski definition) is 1. The molecule has 0 bridgehead atoms. The van der Waals surface area contributed by atoms with Crippen molar-refractivity contribution in [1.82, 2.24) is 5.32 Å². The van der Waals surface area contributed by atoms with E-state index in [-0.39, 0.29) is 13.2 Å². The van der Waals surface area contributed by atoms with Crippen molar-refractivity contribution in [3.63, 3.8) is 0 Å². The molecule has 1 amide bonds. The number of carbonyl (C=O) groups is 1. The third kappa shape index (κ3) is 6.54. The molecular formula is C20H25ClN2O5S. The predicted molar refractivity (Wildman–Crippen MR) is 114 cm³/mol. The molecular weight excluding hydrogens is 416 g/mol. The molecule has 0 saturated carbocycles. The summed E-state index contributed by atoms with van der Waals surface area (Å²) in [7, 11) is -3.68. The highest BCUT2D eigenvalue weighted by Crippen LogP contribution is 2.24. The van der Waals surface area contributed by atoms with Gasteiger partial charge in [0, 0.05) is 0 Å². The van der Waals surface area contributed by atoms with Gasteiger partial charge in [0.2, 0.25) is 15.9 Å². The Balaban J connectivity index is 2.00. The van der Waals surface area contributed by atoms with E-state index in [0.717, 1.165) is 10.6 Å². The minimum Gasteiger partial charge on any atom is -0.494 e. The number of carbonyl (C=O) groups excluding carboxylic acids is 1. The van der Waals surface area contributed by atoms with Gasteiger partial charge in [0.05, 0.1) is 30.1 Å². The van der Waals surface area contributed by atoms with Crippen LogP contribution in [0.4, 0.5) is 5.69 Å². The van der Waals surface area contributed by atoms with Crippen LogP contribution < -0.4 is 19.1 Å². The standard InChI is InChI=1S/C20H25ClN2O5S/c1-4-27-17-11-9-16(10-12-17)23(29(3,25)26)15(2)20(24)22-13-14-28-19-8-6-5-7-18(19)21/h5-12,15H,4,13-14H2,1-3H3,(H,22,24). The molecule has 2 rings (SSSR count). The molecule has 7 nitrogen and oxygen atoms in total. The van der Waals surface area contributed by atoms with E-state index in [2.05, 4.69) is 5.32 Å². The number of para-hydroxylation sites is 1. The molecule has 158 valence electrons. The topological polar surface area (TPSA) is 84.9 Å². The highest BCUT2D eigenvalue weighted by atomic mass is 35.5. The molecule has 1 N–H and O–H groups in total. The lowest BCUT2D eigenvalue weighted by Crippen LogP contribution is -2.48. The molecule has 0 aliphatic rings. The highest BCUT2D eigenvalue weighted by Gasteiger charge is 2.28. The number of anilines is 1. The van der Waals surface area contributed by atoms with Gasteiger partial charge in [-0.3, -0.25) is 9.10 Å². The summed E-state index contributed by atoms with van der Waals surface area (Å²) in [5.41, 5.74) is 0.380. The van der Waals surface area contributed by atoms with Crippen LogP contribution >= 0.6 is 11.6 Å². The Hall–Kier alpha value is -2.45. The van der Waals surface area contributed by atoms with Gasteiger partial charge in [0.1, 0.15) is 24.1 Å². The minimum atomic E-state index is -3.68. The third-order valence-corrected chi connectivity index (χ3v) is 5.54. The zero-order chi connectivity index (χ0) is 21.4. The molecule has 0 heterocycles. The van der Waals surface area contributed by atoms with E-state index in [1.165, 1.54) is 6.92 Å². The van der Waals surface area contributed by atoms with Gasteiger partial charge in [0.15, 0.2) is 0 Å². The average Bonchev–Trinajstić information content (AvgIpc) is 2.67. The maximum atomic E-state index is 12.5. The van der Waals surface area contributed by atoms with E-state index in [1.807, 2.05) is 6.92 Å². The van der Waals surface area contributed by atoms with Gasteiger partial charge in [-0.1, -0.05) is 23.7 Å². The van der Waals surface area contributed by atoms with Gasteiger partial charge in [-0.15, -0.1) is 0 Å². The predicted octanol–water partition coefficient (Wildman–Crippen LogP) is 3.09. The van der Waals surface area contributed by atoms with Crippen LogP contribution in [0, 0.1) is 0 Å². The molecule has 1 atom stereocenters. The van der Waals surface area contributed by atoms with Crippen LogP contribution in [-0.4, -0.2) is 46.4 Å². The molecule has 1 unspecified atom stereocenters. The Morgan fingerprint density at radius 2 is 1.79 bits per heavy atom. The zero-order valence-corrected chi connectivity index (χ0v) is 18.2. The van der Waals surface area contributed by atoms with Crippen molar-refractivity contribution in [2.45, 2.75) is 19.9 Å². The van der Waals surface area contributed by atoms with Crippen molar-refractivity contribution in [2.75, 3.05) is 30.3 Å². The summed E-state index contributed by atoms with van der Waals surface area (Å²) in [6.45, 7) is 4.30. The van der Waals surface area contributed by atoms with E-state index in [0.29, 0.717) is 28.8 Å². The first-order valence-electron chi connectivity index (χ1n) is 9.11. The fourth-order valence-electron chi connectivity index (χ4n) is 2.71. The van der Waals surface area contributed by atoms with Gasteiger partial charge in [-0.25, -0.2) is 8.42 Å². The Labute approximate surface area is 176 Å². The fourth-order valence-corrected chi connectivity index (χ4v) is 4.07. The molecule has 0 radical (unpaired) electrons. The molecule has 0 aliphatic carbocycles. The Kier molecular flexibility index (Phi) is 8.16. The van der Waals surface area contributed by atoms with Crippen LogP contribution in [0.2, 0.25) is 5.02 Å². The van der Waals surface area contributed by atoms with E-state index >= 15 is 0 Å². The normalized spacial score (nSPS) is 12.1. The second-order valence-electron chi connectivity index (χ2n) is 6.23. The smallest absolute Gasteiger partial charge is 0.243 e. The van der Waals surface area contributed by atoms with Gasteiger partial charge >= 0.3 is 0 Å². The number of rotatable bonds is 10. The van der Waals surface area contributed by atoms with E-state index in [9.17, 15) is 13.2 Å². The number of nitrogens with zero attached hydrogens (tertiary/aromatic N) is 1. The molecule has 29 heavy (non-hydrogen) atoms. The van der Waals surface area contributed by atoms with Crippen molar-refractivity contribution < 1.29 is 22.7 Å². The van der Waals surface area contributed by atoms with Crippen LogP contribution in [0.1, 0.15) is 13.8 Å². The third-order valence-electron chi connectivity index (χ3n) is 3.99. The van der Waals surface area contributed by atoms with E-state index in [1.54, 1.807) is 48.5 Å². The average molecular weight is 441 g/mol. The van der Waals surface area contributed by atoms with Crippen molar-refractivity contribution in [3.05, 3.63) is 53.6 Å². The molecule has 9 heteroatoms. The zero-order valence-electron chi connectivity index (χ0n) is 16.6. The van der Waals surface area contributed by atoms with Crippen molar-refractivity contribution in [2.24, 2.45) is 0 Å². The summed E-state index contributed by atoms with van der Waals surface area (Å²) in [4.78, 5) is 12.5. The Bertz CT molecular complexity index is 919. The molecule has 0 aromatic heterocycles. The van der Waals surface area contributed by atoms with Crippen molar-refractivity contribution in [3.8, 4) is 11.5 Å². The summed E-state index contributed by atoms with van der Waals surface area (Å²) in [6, 6.07) is 12.6. The summed E-state index contributed by atoms with van der Waals surface area (Å²) >= 11 is 6.01. The molecule has 2 aromatic rings. The van der Waals surface area contributed by atoms with Crippen molar-refractivity contribution >= 4 is 33.2 Å². The molecule has 0 saturated heterocycles. The van der Waals surface area contributed by atoms with Gasteiger partial charge in [-0.05, 0) is 50.2 Å². The first-order valence-corrected chi connectivity index (χ1v) is 11.3. The first-order chi connectivity index (χ1) is 13.7. The number of hydrogen-bond acceptors (Lipinski definition) is 5. The Morgan fingerprint density at radius 1 is 1.14 bits per heavy atom. The summed E-state index contributed by atoms with van der Waals surface area (Å²) in [5, 5.41) is 3.17. The number of nitrogens with one attached hydrogen (secondary N) is 1. The number of halogens is 1. The number of sulfonamides is 1. The van der Waals surface area contributed by atoms with Crippen molar-refractivity contribution in [1.29, 1.82) is 0 Å². The molecule has 2 aromatic carbocycles. The first kappa shape index (κ1) is 22.8. The van der Waals surface area contributed by atoms with Crippen LogP contribution in [-0.2, 0) is 14.8 Å². The fraction of sp³-hybridized carbons (Fsp3) is 0.350. The minimum absolute atomic E-state index is 0.199. The van der Waals surface area contributed by atoms with Crippen LogP contribution in [0.25, 0.3) is 0 Å². The molecule has 0 spiro atoms. The van der Waals surface area contributed by atoms with Crippen LogP contribution in [0.3, 0.4) is 0 Å². The monoisotopic (exact) mass is 440 g/mol. The quantitative estimate of drug-likeness (QED) is 0.574. The van der Waals surface area contributed by atoms with E-state index < -0.39 is 22.0 Å². The summed E-state index contributed by atoms with van der Waals surface area (Å²) < 4.78 is 36.6. The van der Waals surface area contributed by atoms with Crippen LogP contribution in [0.5, 0.6) is 11.5 Å². The van der Waals surface area contributed by atoms with Gasteiger partial charge in [-0.2, -0.15) is 0 Å². The largest absolute Gasteiger partial charge is 0.494 e. The summed E-state index contributed by atoms with van der Waals surface area (Å²) in [6.07, 6.45) is 1.06. The second kappa shape index (κ2) is 10.4. The SMILES string of the molecule is CCOc1ccc(N(C(C)C(=O)NCCOc2ccccc2Cl)S(C)(=O)=O)cc1.